The first kappa shape index (κ1) is 41.7. The predicted molar refractivity (Wildman–Crippen MR) is 211 cm³/mol. The first-order chi connectivity index (χ1) is 27.6. The van der Waals surface area contributed by atoms with Crippen LogP contribution in [-0.2, 0) is 44.8 Å². The van der Waals surface area contributed by atoms with Crippen molar-refractivity contribution in [3.8, 4) is 0 Å². The maximum atomic E-state index is 13.9. The number of carboxylic acid groups (broad SMARTS) is 1. The molecule has 2 heterocycles. The van der Waals surface area contributed by atoms with Crippen LogP contribution in [0.3, 0.4) is 0 Å². The van der Waals surface area contributed by atoms with Gasteiger partial charge in [0.05, 0.1) is 24.1 Å². The standard InChI is InChI=1S/C42H49BrN4O11/c1-40-13-11-27(49)15-25(40)5-8-28-29-16-33-42(32(51)22-48,41(29,2)17-31(50)37(28)40)58-39(57-33)24-12-14-47(21-24)20-23-3-6-26(7-4-23)45-38(56)30(9-10-36(54)55)46-35(53)19-44-34(52)18-43/h3-4,6-7,11-15,21,28-31,33,37,39,48,50H,5,8-10,16-20,22H2,1-2H3,(H,44,52)(H,45,56)(H,46,53)(H,54,55)/t28-,29-,30+,31-,33+,37+,39+,40-,41-,42+/m0/s1. The van der Waals surface area contributed by atoms with E-state index in [2.05, 4.69) is 38.8 Å². The van der Waals surface area contributed by atoms with E-state index < -0.39 is 77.1 Å². The van der Waals surface area contributed by atoms with Gasteiger partial charge in [-0.2, -0.15) is 0 Å². The first-order valence-corrected chi connectivity index (χ1v) is 20.7. The number of aliphatic hydroxyl groups excluding tert-OH is 2. The Hall–Kier alpha value is -4.48. The fourth-order valence-electron chi connectivity index (χ4n) is 10.7. The lowest BCUT2D eigenvalue weighted by Crippen LogP contribution is -2.63. The molecular formula is C42H49BrN4O11. The number of rotatable bonds is 14. The molecule has 2 aromatic rings. The minimum atomic E-state index is -1.46. The smallest absolute Gasteiger partial charge is 0.303 e. The second kappa shape index (κ2) is 16.3. The third-order valence-electron chi connectivity index (χ3n) is 13.3. The number of carbonyl (C=O) groups excluding carboxylic acids is 5. The van der Waals surface area contributed by atoms with Gasteiger partial charge >= 0.3 is 5.97 Å². The summed E-state index contributed by atoms with van der Waals surface area (Å²) in [5, 5.41) is 39.0. The van der Waals surface area contributed by atoms with E-state index in [9.17, 15) is 39.0 Å². The molecule has 15 nitrogen and oxygen atoms in total. The highest BCUT2D eigenvalue weighted by molar-refractivity contribution is 9.09. The van der Waals surface area contributed by atoms with Gasteiger partial charge in [0.15, 0.2) is 23.5 Å². The molecule has 1 aromatic heterocycles. The molecule has 0 bridgehead atoms. The van der Waals surface area contributed by atoms with Crippen molar-refractivity contribution in [2.45, 2.75) is 89.1 Å². The van der Waals surface area contributed by atoms with Gasteiger partial charge in [-0.1, -0.05) is 53.6 Å². The third kappa shape index (κ3) is 7.49. The Labute approximate surface area is 343 Å². The van der Waals surface area contributed by atoms with E-state index in [1.165, 1.54) is 0 Å². The summed E-state index contributed by atoms with van der Waals surface area (Å²) in [7, 11) is 0. The number of aliphatic hydroxyl groups is 2. The van der Waals surface area contributed by atoms with Gasteiger partial charge in [-0.15, -0.1) is 0 Å². The molecular weight excluding hydrogens is 816 g/mol. The van der Waals surface area contributed by atoms with Gasteiger partial charge in [0.2, 0.25) is 17.7 Å². The van der Waals surface area contributed by atoms with Crippen LogP contribution in [0.4, 0.5) is 5.69 Å². The molecule has 0 unspecified atom stereocenters. The van der Waals surface area contributed by atoms with Crippen LogP contribution in [0.5, 0.6) is 0 Å². The summed E-state index contributed by atoms with van der Waals surface area (Å²) in [4.78, 5) is 74.2. The molecule has 4 aliphatic carbocycles. The molecule has 3 amide bonds. The van der Waals surface area contributed by atoms with E-state index >= 15 is 0 Å². The Morgan fingerprint density at radius 3 is 2.55 bits per heavy atom. The van der Waals surface area contributed by atoms with E-state index in [0.717, 1.165) is 24.0 Å². The zero-order valence-corrected chi connectivity index (χ0v) is 33.9. The van der Waals surface area contributed by atoms with E-state index in [1.807, 2.05) is 48.2 Å². The number of halogens is 1. The molecule has 0 spiro atoms. The number of ketones is 2. The fraction of sp³-hybridized carbons (Fsp3) is 0.524. The van der Waals surface area contributed by atoms with Crippen LogP contribution in [0, 0.1) is 28.6 Å². The minimum Gasteiger partial charge on any atom is -0.481 e. The molecule has 3 saturated carbocycles. The zero-order chi connectivity index (χ0) is 41.6. The van der Waals surface area contributed by atoms with Crippen LogP contribution in [0.1, 0.15) is 69.8 Å². The average molecular weight is 866 g/mol. The molecule has 310 valence electrons. The first-order valence-electron chi connectivity index (χ1n) is 19.6. The van der Waals surface area contributed by atoms with Crippen molar-refractivity contribution < 1.29 is 53.6 Å². The van der Waals surface area contributed by atoms with Gasteiger partial charge in [-0.3, -0.25) is 28.8 Å². The number of nitrogens with zero attached hydrogens (tertiary/aromatic N) is 1. The van der Waals surface area contributed by atoms with Crippen molar-refractivity contribution in [1.82, 2.24) is 15.2 Å². The topological polar surface area (TPSA) is 223 Å². The molecule has 5 aliphatic rings. The van der Waals surface area contributed by atoms with Crippen molar-refractivity contribution in [3.63, 3.8) is 0 Å². The van der Waals surface area contributed by atoms with Crippen LogP contribution in [0.25, 0.3) is 0 Å². The molecule has 1 aromatic carbocycles. The zero-order valence-electron chi connectivity index (χ0n) is 32.3. The number of Topliss-reactive ketones (excluding diaryl/α,β-unsaturated/α-hetero) is 1. The molecule has 7 rings (SSSR count). The number of hydrogen-bond donors (Lipinski definition) is 6. The number of nitrogens with one attached hydrogen (secondary N) is 3. The third-order valence-corrected chi connectivity index (χ3v) is 13.8. The van der Waals surface area contributed by atoms with Gasteiger partial charge in [0, 0.05) is 53.4 Å². The number of carbonyl (C=O) groups is 6. The van der Waals surface area contributed by atoms with Crippen LogP contribution < -0.4 is 16.0 Å². The van der Waals surface area contributed by atoms with Crippen molar-refractivity contribution in [1.29, 1.82) is 0 Å². The number of fused-ring (bicyclic) bond motifs is 7. The Balaban J connectivity index is 1.01. The SMILES string of the molecule is C[C@]12C=CC(=O)C=C1CC[C@@H]1[C@@H]2[C@@H](O)C[C@@]2(C)[C@H]1C[C@H]1O[C@@H](c3ccn(Cc4ccc(NC(=O)[C@@H](CCC(=O)O)NC(=O)CNC(=O)CBr)cc4)c3)O[C@]12C(=O)CO. The van der Waals surface area contributed by atoms with E-state index in [-0.39, 0.29) is 54.7 Å². The number of anilines is 1. The molecule has 10 atom stereocenters. The molecule has 4 fully saturated rings. The fourth-order valence-corrected chi connectivity index (χ4v) is 10.9. The van der Waals surface area contributed by atoms with Gasteiger partial charge in [0.1, 0.15) is 12.6 Å². The molecule has 6 N–H and O–H groups in total. The number of hydrogen-bond acceptors (Lipinski definition) is 10. The summed E-state index contributed by atoms with van der Waals surface area (Å²) in [5.74, 6) is -3.38. The minimum absolute atomic E-state index is 0.0000935. The summed E-state index contributed by atoms with van der Waals surface area (Å²) in [6.45, 7) is 3.44. The highest BCUT2D eigenvalue weighted by Gasteiger charge is 2.76. The van der Waals surface area contributed by atoms with E-state index in [1.54, 1.807) is 24.3 Å². The van der Waals surface area contributed by atoms with Crippen molar-refractivity contribution >= 4 is 56.9 Å². The molecule has 1 saturated heterocycles. The maximum absolute atomic E-state index is 13.9. The van der Waals surface area contributed by atoms with Gasteiger partial charge in [0.25, 0.3) is 0 Å². The second-order valence-electron chi connectivity index (χ2n) is 16.6. The van der Waals surface area contributed by atoms with Crippen molar-refractivity contribution in [2.75, 3.05) is 23.8 Å². The lowest BCUT2D eigenvalue weighted by Gasteiger charge is -2.59. The van der Waals surface area contributed by atoms with E-state index in [0.29, 0.717) is 24.2 Å². The number of amides is 3. The van der Waals surface area contributed by atoms with Crippen LogP contribution >= 0.6 is 15.9 Å². The lowest BCUT2D eigenvalue weighted by molar-refractivity contribution is -0.201. The summed E-state index contributed by atoms with van der Waals surface area (Å²) >= 11 is 2.98. The van der Waals surface area contributed by atoms with Crippen LogP contribution in [-0.4, -0.2) is 97.5 Å². The highest BCUT2D eigenvalue weighted by Crippen LogP contribution is 2.70. The Morgan fingerprint density at radius 1 is 1.09 bits per heavy atom. The summed E-state index contributed by atoms with van der Waals surface area (Å²) < 4.78 is 15.3. The average Bonchev–Trinajstić information content (AvgIpc) is 3.88. The largest absolute Gasteiger partial charge is 0.481 e. The highest BCUT2D eigenvalue weighted by atomic mass is 79.9. The second-order valence-corrected chi connectivity index (χ2v) is 17.2. The maximum Gasteiger partial charge on any atom is 0.303 e. The molecule has 16 heteroatoms. The van der Waals surface area contributed by atoms with Crippen LogP contribution in [0.15, 0.2) is 66.5 Å². The van der Waals surface area contributed by atoms with Crippen LogP contribution in [0.2, 0.25) is 0 Å². The molecule has 1 aliphatic heterocycles. The number of ether oxygens (including phenoxy) is 2. The number of aromatic nitrogens is 1. The summed E-state index contributed by atoms with van der Waals surface area (Å²) in [6, 6.07) is 7.70. The Morgan fingerprint density at radius 2 is 1.84 bits per heavy atom. The van der Waals surface area contributed by atoms with Crippen molar-refractivity contribution in [2.24, 2.45) is 28.6 Å². The van der Waals surface area contributed by atoms with E-state index in [4.69, 9.17) is 14.6 Å². The molecule has 0 radical (unpaired) electrons. The Bertz CT molecular complexity index is 2050. The lowest BCUT2D eigenvalue weighted by atomic mass is 9.46. The number of carboxylic acids is 1. The van der Waals surface area contributed by atoms with Gasteiger partial charge < -0.3 is 45.3 Å². The number of benzene rings is 1. The van der Waals surface area contributed by atoms with Gasteiger partial charge in [-0.05, 0) is 79.9 Å². The number of alkyl halides is 1. The van der Waals surface area contributed by atoms with Crippen molar-refractivity contribution in [3.05, 3.63) is 77.7 Å². The predicted octanol–water partition coefficient (Wildman–Crippen LogP) is 2.94. The quantitative estimate of drug-likeness (QED) is 0.152. The monoisotopic (exact) mass is 864 g/mol. The molecule has 58 heavy (non-hydrogen) atoms. The van der Waals surface area contributed by atoms with Gasteiger partial charge in [-0.25, -0.2) is 0 Å². The summed E-state index contributed by atoms with van der Waals surface area (Å²) in [6.07, 6.45) is 8.51. The number of allylic oxidation sites excluding steroid dienone is 4. The number of aliphatic carboxylic acids is 1. The summed E-state index contributed by atoms with van der Waals surface area (Å²) in [5.41, 5.74) is 0.302. The Kier molecular flexibility index (Phi) is 11.7. The normalized spacial score (nSPS) is 32.5.